The molecule has 1 aromatic carbocycles. The molecule has 0 atom stereocenters. The Morgan fingerprint density at radius 2 is 1.85 bits per heavy atom. The molecular weight excluding hydrogens is 408 g/mol. The Balaban J connectivity index is 1.77. The van der Waals surface area contributed by atoms with Crippen LogP contribution in [0, 0.1) is 0 Å². The van der Waals surface area contributed by atoms with Crippen molar-refractivity contribution in [2.45, 2.75) is 6.54 Å². The molecule has 2 amide bonds. The van der Waals surface area contributed by atoms with E-state index in [1.165, 1.54) is 0 Å². The third-order valence-electron chi connectivity index (χ3n) is 2.90. The van der Waals surface area contributed by atoms with Gasteiger partial charge in [-0.15, -0.1) is 11.3 Å². The topological polar surface area (TPSA) is 58.2 Å². The summed E-state index contributed by atoms with van der Waals surface area (Å²) >= 11 is 8.53. The lowest BCUT2D eigenvalue weighted by molar-refractivity contribution is 0.0879. The number of fused-ring (bicyclic) bond motifs is 1. The second kappa shape index (κ2) is 5.31. The van der Waals surface area contributed by atoms with Gasteiger partial charge in [0.25, 0.3) is 11.8 Å². The minimum absolute atomic E-state index is 0.331. The van der Waals surface area contributed by atoms with E-state index in [1.807, 2.05) is 6.07 Å². The first kappa shape index (κ1) is 13.8. The maximum Gasteiger partial charge on any atom is 0.259 e. The molecule has 2 N–H and O–H groups in total. The number of imide groups is 1. The summed E-state index contributed by atoms with van der Waals surface area (Å²) in [6, 6.07) is 7.20. The highest BCUT2D eigenvalue weighted by Gasteiger charge is 2.26. The van der Waals surface area contributed by atoms with Gasteiger partial charge in [-0.2, -0.15) is 0 Å². The van der Waals surface area contributed by atoms with Crippen LogP contribution >= 0.6 is 43.2 Å². The Morgan fingerprint density at radius 3 is 2.55 bits per heavy atom. The number of anilines is 1. The Kier molecular flexibility index (Phi) is 3.66. The SMILES string of the molecule is O=C1NC(=O)c2cc(NCc3cc(Br)c(Br)s3)ccc21. The van der Waals surface area contributed by atoms with Gasteiger partial charge in [0.05, 0.1) is 14.9 Å². The highest BCUT2D eigenvalue weighted by atomic mass is 79.9. The summed E-state index contributed by atoms with van der Waals surface area (Å²) in [4.78, 5) is 24.2. The maximum absolute atomic E-state index is 11.6. The molecule has 2 aromatic rings. The molecule has 0 bridgehead atoms. The molecule has 20 heavy (non-hydrogen) atoms. The minimum atomic E-state index is -0.338. The molecule has 7 heteroatoms. The van der Waals surface area contributed by atoms with E-state index in [9.17, 15) is 9.59 Å². The van der Waals surface area contributed by atoms with Gasteiger partial charge in [0, 0.05) is 21.6 Å². The molecule has 102 valence electrons. The van der Waals surface area contributed by atoms with Crippen LogP contribution in [-0.4, -0.2) is 11.8 Å². The van der Waals surface area contributed by atoms with E-state index >= 15 is 0 Å². The van der Waals surface area contributed by atoms with Crippen molar-refractivity contribution < 1.29 is 9.59 Å². The van der Waals surface area contributed by atoms with E-state index in [0.29, 0.717) is 17.7 Å². The van der Waals surface area contributed by atoms with E-state index in [1.54, 1.807) is 29.5 Å². The molecule has 1 aliphatic rings. The summed E-state index contributed by atoms with van der Waals surface area (Å²) in [5, 5.41) is 5.52. The number of carbonyl (C=O) groups is 2. The van der Waals surface area contributed by atoms with Gasteiger partial charge >= 0.3 is 0 Å². The van der Waals surface area contributed by atoms with Crippen LogP contribution in [0.15, 0.2) is 32.5 Å². The molecule has 0 spiro atoms. The predicted octanol–water partition coefficient (Wildman–Crippen LogP) is 3.77. The molecule has 1 aromatic heterocycles. The van der Waals surface area contributed by atoms with E-state index in [-0.39, 0.29) is 11.8 Å². The van der Waals surface area contributed by atoms with Crippen molar-refractivity contribution in [1.82, 2.24) is 5.32 Å². The molecule has 0 radical (unpaired) electrons. The highest BCUT2D eigenvalue weighted by molar-refractivity contribution is 9.13. The third-order valence-corrected chi connectivity index (χ3v) is 6.16. The van der Waals surface area contributed by atoms with Crippen molar-refractivity contribution in [3.05, 3.63) is 48.5 Å². The quantitative estimate of drug-likeness (QED) is 0.750. The number of hydrogen-bond donors (Lipinski definition) is 2. The lowest BCUT2D eigenvalue weighted by Gasteiger charge is -2.05. The van der Waals surface area contributed by atoms with Crippen LogP contribution in [0.4, 0.5) is 5.69 Å². The number of amides is 2. The number of nitrogens with one attached hydrogen (secondary N) is 2. The Morgan fingerprint density at radius 1 is 1.10 bits per heavy atom. The molecule has 0 saturated carbocycles. The maximum atomic E-state index is 11.6. The van der Waals surface area contributed by atoms with Crippen LogP contribution in [-0.2, 0) is 6.54 Å². The number of benzene rings is 1. The second-order valence-electron chi connectivity index (χ2n) is 4.23. The van der Waals surface area contributed by atoms with Gasteiger partial charge in [-0.25, -0.2) is 0 Å². The van der Waals surface area contributed by atoms with Crippen LogP contribution in [0.2, 0.25) is 0 Å². The standard InChI is InChI=1S/C13H8Br2N2O2S/c14-10-4-7(20-11(10)15)5-16-6-1-2-8-9(3-6)13(19)17-12(8)18/h1-4,16H,5H2,(H,17,18,19). The average molecular weight is 416 g/mol. The van der Waals surface area contributed by atoms with Crippen molar-refractivity contribution in [2.24, 2.45) is 0 Å². The first-order valence-corrected chi connectivity index (χ1v) is 8.12. The normalized spacial score (nSPS) is 13.3. The first-order valence-electron chi connectivity index (χ1n) is 5.72. The fourth-order valence-corrected chi connectivity index (χ4v) is 4.06. The van der Waals surface area contributed by atoms with Gasteiger partial charge in [0.15, 0.2) is 0 Å². The Hall–Kier alpha value is -1.18. The van der Waals surface area contributed by atoms with E-state index < -0.39 is 0 Å². The zero-order valence-electron chi connectivity index (χ0n) is 10.00. The van der Waals surface area contributed by atoms with Gasteiger partial charge in [0.1, 0.15) is 0 Å². The summed E-state index contributed by atoms with van der Waals surface area (Å²) in [5.41, 5.74) is 1.67. The lowest BCUT2D eigenvalue weighted by Crippen LogP contribution is -2.19. The van der Waals surface area contributed by atoms with Crippen molar-refractivity contribution in [1.29, 1.82) is 0 Å². The van der Waals surface area contributed by atoms with Crippen molar-refractivity contribution >= 4 is 60.7 Å². The highest BCUT2D eigenvalue weighted by Crippen LogP contribution is 2.32. The fraction of sp³-hybridized carbons (Fsp3) is 0.0769. The monoisotopic (exact) mass is 414 g/mol. The fourth-order valence-electron chi connectivity index (χ4n) is 1.95. The molecule has 0 aliphatic carbocycles. The number of hydrogen-bond acceptors (Lipinski definition) is 4. The number of thiophene rings is 1. The summed E-state index contributed by atoms with van der Waals surface area (Å²) in [7, 11) is 0. The number of halogens is 2. The lowest BCUT2D eigenvalue weighted by atomic mass is 10.1. The molecule has 4 nitrogen and oxygen atoms in total. The smallest absolute Gasteiger partial charge is 0.259 e. The van der Waals surface area contributed by atoms with Crippen LogP contribution in [0.5, 0.6) is 0 Å². The van der Waals surface area contributed by atoms with E-state index in [2.05, 4.69) is 42.5 Å². The van der Waals surface area contributed by atoms with E-state index in [4.69, 9.17) is 0 Å². The molecule has 2 heterocycles. The summed E-state index contributed by atoms with van der Waals surface area (Å²) < 4.78 is 2.08. The first-order chi connectivity index (χ1) is 9.54. The molecular formula is C13H8Br2N2O2S. The van der Waals surface area contributed by atoms with Crippen molar-refractivity contribution in [3.8, 4) is 0 Å². The molecule has 3 rings (SSSR count). The summed E-state index contributed by atoms with van der Waals surface area (Å²) in [5.74, 6) is -0.669. The molecule has 0 unspecified atom stereocenters. The Bertz CT molecular complexity index is 708. The number of rotatable bonds is 3. The summed E-state index contributed by atoms with van der Waals surface area (Å²) in [6.07, 6.45) is 0. The zero-order valence-corrected chi connectivity index (χ0v) is 14.0. The summed E-state index contributed by atoms with van der Waals surface area (Å²) in [6.45, 7) is 0.656. The van der Waals surface area contributed by atoms with Crippen LogP contribution in [0.1, 0.15) is 25.6 Å². The second-order valence-corrected chi connectivity index (χ2v) is 7.54. The van der Waals surface area contributed by atoms with Crippen molar-refractivity contribution in [3.63, 3.8) is 0 Å². The molecule has 1 aliphatic heterocycles. The van der Waals surface area contributed by atoms with Crippen LogP contribution in [0.25, 0.3) is 0 Å². The minimum Gasteiger partial charge on any atom is -0.380 e. The third kappa shape index (κ3) is 2.53. The molecule has 0 saturated heterocycles. The van der Waals surface area contributed by atoms with Crippen molar-refractivity contribution in [2.75, 3.05) is 5.32 Å². The molecule has 0 fully saturated rings. The van der Waals surface area contributed by atoms with Crippen LogP contribution < -0.4 is 10.6 Å². The average Bonchev–Trinajstić information content (AvgIpc) is 2.88. The largest absolute Gasteiger partial charge is 0.380 e. The van der Waals surface area contributed by atoms with Gasteiger partial charge in [-0.1, -0.05) is 0 Å². The van der Waals surface area contributed by atoms with E-state index in [0.717, 1.165) is 18.8 Å². The van der Waals surface area contributed by atoms with Crippen LogP contribution in [0.3, 0.4) is 0 Å². The van der Waals surface area contributed by atoms with Gasteiger partial charge < -0.3 is 5.32 Å². The zero-order chi connectivity index (χ0) is 14.3. The van der Waals surface area contributed by atoms with Gasteiger partial charge in [-0.3, -0.25) is 14.9 Å². The predicted molar refractivity (Wildman–Crippen MR) is 85.3 cm³/mol. The van der Waals surface area contributed by atoms with Gasteiger partial charge in [-0.05, 0) is 56.1 Å². The number of carbonyl (C=O) groups excluding carboxylic acids is 2. The Labute approximate surface area is 135 Å². The van der Waals surface area contributed by atoms with Gasteiger partial charge in [0.2, 0.25) is 0 Å².